The summed E-state index contributed by atoms with van der Waals surface area (Å²) in [5.74, 6) is 1.29. The SMILES string of the molecule is CCNC(=NCc1nc(C(F)(F)F)cs1)NC1CCN(CC2CCOC2)CC1. The standard InChI is InChI=1S/C18H28F3N5OS/c1-2-22-17(23-9-16-25-15(12-28-16)18(19,20)21)24-14-3-6-26(7-4-14)10-13-5-8-27-11-13/h12-14H,2-11H2,1H3,(H2,22,23,24). The number of halogens is 3. The lowest BCUT2D eigenvalue weighted by atomic mass is 10.0. The molecule has 0 aromatic carbocycles. The van der Waals surface area contributed by atoms with Gasteiger partial charge < -0.3 is 20.3 Å². The summed E-state index contributed by atoms with van der Waals surface area (Å²) in [6, 6.07) is 0.316. The molecule has 1 unspecified atom stereocenters. The van der Waals surface area contributed by atoms with Gasteiger partial charge in [0.15, 0.2) is 11.7 Å². The number of aliphatic imine (C=N–C) groups is 1. The van der Waals surface area contributed by atoms with Gasteiger partial charge in [0.05, 0.1) is 13.2 Å². The van der Waals surface area contributed by atoms with Crippen molar-refractivity contribution in [1.29, 1.82) is 0 Å². The van der Waals surface area contributed by atoms with Gasteiger partial charge >= 0.3 is 6.18 Å². The maximum Gasteiger partial charge on any atom is 0.434 e. The lowest BCUT2D eigenvalue weighted by Crippen LogP contribution is -2.49. The minimum atomic E-state index is -4.40. The van der Waals surface area contributed by atoms with E-state index in [0.29, 0.717) is 29.5 Å². The summed E-state index contributed by atoms with van der Waals surface area (Å²) in [5.41, 5.74) is -0.847. The molecule has 0 amide bonds. The molecule has 2 aliphatic heterocycles. The maximum absolute atomic E-state index is 12.7. The molecule has 0 saturated carbocycles. The van der Waals surface area contributed by atoms with Gasteiger partial charge in [0.1, 0.15) is 5.01 Å². The number of guanidine groups is 1. The first-order chi connectivity index (χ1) is 13.4. The smallest absolute Gasteiger partial charge is 0.381 e. The molecule has 1 aromatic heterocycles. The molecule has 0 spiro atoms. The number of thiazole rings is 1. The Morgan fingerprint density at radius 2 is 2.14 bits per heavy atom. The molecule has 28 heavy (non-hydrogen) atoms. The highest BCUT2D eigenvalue weighted by Crippen LogP contribution is 2.30. The lowest BCUT2D eigenvalue weighted by Gasteiger charge is -2.34. The Bertz CT molecular complexity index is 637. The van der Waals surface area contributed by atoms with Gasteiger partial charge in [0.2, 0.25) is 0 Å². The van der Waals surface area contributed by atoms with E-state index >= 15 is 0 Å². The van der Waals surface area contributed by atoms with Gasteiger partial charge in [-0.2, -0.15) is 13.2 Å². The summed E-state index contributed by atoms with van der Waals surface area (Å²) in [4.78, 5) is 10.5. The zero-order valence-corrected chi connectivity index (χ0v) is 16.9. The van der Waals surface area contributed by atoms with E-state index in [9.17, 15) is 13.2 Å². The predicted molar refractivity (Wildman–Crippen MR) is 103 cm³/mol. The third-order valence-corrected chi connectivity index (χ3v) is 5.86. The number of hydrogen-bond acceptors (Lipinski definition) is 5. The molecule has 0 bridgehead atoms. The van der Waals surface area contributed by atoms with Gasteiger partial charge in [-0.3, -0.25) is 0 Å². The van der Waals surface area contributed by atoms with Gasteiger partial charge in [-0.1, -0.05) is 0 Å². The monoisotopic (exact) mass is 419 g/mol. The summed E-state index contributed by atoms with van der Waals surface area (Å²) in [6.07, 6.45) is -1.21. The molecule has 2 aliphatic rings. The Morgan fingerprint density at radius 3 is 2.75 bits per heavy atom. The van der Waals surface area contributed by atoms with Crippen LogP contribution in [0.3, 0.4) is 0 Å². The van der Waals surface area contributed by atoms with Crippen LogP contribution in [0.25, 0.3) is 0 Å². The Balaban J connectivity index is 1.47. The Morgan fingerprint density at radius 1 is 1.36 bits per heavy atom. The average molecular weight is 420 g/mol. The van der Waals surface area contributed by atoms with Crippen LogP contribution < -0.4 is 10.6 Å². The molecule has 3 heterocycles. The van der Waals surface area contributed by atoms with E-state index in [4.69, 9.17) is 4.74 Å². The highest BCUT2D eigenvalue weighted by Gasteiger charge is 2.33. The van der Waals surface area contributed by atoms with Crippen molar-refractivity contribution in [2.75, 3.05) is 39.4 Å². The molecule has 0 aliphatic carbocycles. The number of alkyl halides is 3. The van der Waals surface area contributed by atoms with Gasteiger partial charge in [0.25, 0.3) is 0 Å². The number of likely N-dealkylation sites (tertiary alicyclic amines) is 1. The summed E-state index contributed by atoms with van der Waals surface area (Å²) >= 11 is 0.987. The van der Waals surface area contributed by atoms with E-state index < -0.39 is 11.9 Å². The number of aromatic nitrogens is 1. The Labute approximate surface area is 167 Å². The third-order valence-electron chi connectivity index (χ3n) is 5.03. The molecule has 2 saturated heterocycles. The number of nitrogens with zero attached hydrogens (tertiary/aromatic N) is 3. The van der Waals surface area contributed by atoms with E-state index in [2.05, 4.69) is 25.5 Å². The van der Waals surface area contributed by atoms with E-state index in [-0.39, 0.29) is 6.54 Å². The first-order valence-corrected chi connectivity index (χ1v) is 10.7. The van der Waals surface area contributed by atoms with Gasteiger partial charge in [-0.05, 0) is 32.1 Å². The summed E-state index contributed by atoms with van der Waals surface area (Å²) in [5, 5.41) is 7.99. The van der Waals surface area contributed by atoms with Crippen LogP contribution in [0.15, 0.2) is 10.4 Å². The summed E-state index contributed by atoms with van der Waals surface area (Å²) in [6.45, 7) is 7.73. The number of rotatable bonds is 6. The van der Waals surface area contributed by atoms with Gasteiger partial charge in [0, 0.05) is 44.2 Å². The highest BCUT2D eigenvalue weighted by atomic mass is 32.1. The van der Waals surface area contributed by atoms with Gasteiger partial charge in [-0.25, -0.2) is 9.98 Å². The molecule has 6 nitrogen and oxygen atoms in total. The first kappa shape index (κ1) is 21.3. The van der Waals surface area contributed by atoms with Crippen molar-refractivity contribution in [3.05, 3.63) is 16.1 Å². The molecule has 10 heteroatoms. The number of hydrogen-bond donors (Lipinski definition) is 2. The van der Waals surface area contributed by atoms with Crippen molar-refractivity contribution in [2.24, 2.45) is 10.9 Å². The van der Waals surface area contributed by atoms with Crippen molar-refractivity contribution in [3.63, 3.8) is 0 Å². The fourth-order valence-corrected chi connectivity index (χ4v) is 4.25. The molecule has 2 fully saturated rings. The largest absolute Gasteiger partial charge is 0.434 e. The van der Waals surface area contributed by atoms with Gasteiger partial charge in [-0.15, -0.1) is 11.3 Å². The minimum Gasteiger partial charge on any atom is -0.381 e. The normalized spacial score (nSPS) is 22.6. The topological polar surface area (TPSA) is 61.8 Å². The predicted octanol–water partition coefficient (Wildman–Crippen LogP) is 2.72. The zero-order valence-electron chi connectivity index (χ0n) is 16.1. The van der Waals surface area contributed by atoms with Crippen molar-refractivity contribution < 1.29 is 17.9 Å². The fraction of sp³-hybridized carbons (Fsp3) is 0.778. The second-order valence-corrected chi connectivity index (χ2v) is 8.21. The van der Waals surface area contributed by atoms with Crippen LogP contribution in [0.2, 0.25) is 0 Å². The van der Waals surface area contributed by atoms with Crippen LogP contribution in [0.4, 0.5) is 13.2 Å². The number of piperidine rings is 1. The Hall–Kier alpha value is -1.39. The van der Waals surface area contributed by atoms with Crippen molar-refractivity contribution >= 4 is 17.3 Å². The molecule has 2 N–H and O–H groups in total. The highest BCUT2D eigenvalue weighted by molar-refractivity contribution is 7.09. The van der Waals surface area contributed by atoms with E-state index in [1.807, 2.05) is 6.92 Å². The van der Waals surface area contributed by atoms with Crippen LogP contribution in [0.1, 0.15) is 36.9 Å². The second-order valence-electron chi connectivity index (χ2n) is 7.27. The van der Waals surface area contributed by atoms with Crippen molar-refractivity contribution in [3.8, 4) is 0 Å². The average Bonchev–Trinajstić information content (AvgIpc) is 3.33. The van der Waals surface area contributed by atoms with Crippen LogP contribution in [0.5, 0.6) is 0 Å². The quantitative estimate of drug-likeness (QED) is 0.549. The van der Waals surface area contributed by atoms with Crippen LogP contribution in [-0.2, 0) is 17.5 Å². The van der Waals surface area contributed by atoms with E-state index in [1.54, 1.807) is 0 Å². The molecule has 3 rings (SSSR count). The molecule has 1 aromatic rings. The maximum atomic E-state index is 12.7. The summed E-state index contributed by atoms with van der Waals surface area (Å²) < 4.78 is 43.4. The molecular formula is C18H28F3N5OS. The van der Waals surface area contributed by atoms with Crippen LogP contribution >= 0.6 is 11.3 Å². The summed E-state index contributed by atoms with van der Waals surface area (Å²) in [7, 11) is 0. The molecule has 0 radical (unpaired) electrons. The van der Waals surface area contributed by atoms with E-state index in [0.717, 1.165) is 68.8 Å². The molecule has 158 valence electrons. The molecular weight excluding hydrogens is 391 g/mol. The fourth-order valence-electron chi connectivity index (χ4n) is 3.53. The van der Waals surface area contributed by atoms with Crippen molar-refractivity contribution in [1.82, 2.24) is 20.5 Å². The van der Waals surface area contributed by atoms with E-state index in [1.165, 1.54) is 0 Å². The van der Waals surface area contributed by atoms with Crippen LogP contribution in [0, 0.1) is 5.92 Å². The number of nitrogens with one attached hydrogen (secondary N) is 2. The Kier molecular flexibility index (Phi) is 7.53. The third kappa shape index (κ3) is 6.31. The van der Waals surface area contributed by atoms with Crippen molar-refractivity contribution in [2.45, 2.75) is 44.9 Å². The van der Waals surface area contributed by atoms with Crippen LogP contribution in [-0.4, -0.2) is 61.3 Å². The number of ether oxygens (including phenoxy) is 1. The lowest BCUT2D eigenvalue weighted by molar-refractivity contribution is -0.140. The zero-order chi connectivity index (χ0) is 20.0. The first-order valence-electron chi connectivity index (χ1n) is 9.80. The minimum absolute atomic E-state index is 0.136. The second kappa shape index (κ2) is 9.89. The molecule has 1 atom stereocenters.